The number of carbonyl (C=O) groups excluding carboxylic acids is 1. The number of ketones is 1. The monoisotopic (exact) mass is 199 g/mol. The lowest BCUT2D eigenvalue weighted by Gasteiger charge is -2.05. The van der Waals surface area contributed by atoms with Crippen LogP contribution in [0.4, 0.5) is 0 Å². The van der Waals surface area contributed by atoms with Gasteiger partial charge in [0.25, 0.3) is 0 Å². The summed E-state index contributed by atoms with van der Waals surface area (Å²) < 4.78 is 0. The van der Waals surface area contributed by atoms with Gasteiger partial charge >= 0.3 is 0 Å². The number of benzene rings is 1. The minimum Gasteiger partial charge on any atom is -0.292 e. The molecule has 0 aromatic heterocycles. The Bertz CT molecular complexity index is 421. The van der Waals surface area contributed by atoms with E-state index in [1.165, 1.54) is 5.56 Å². The Morgan fingerprint density at radius 3 is 2.40 bits per heavy atom. The van der Waals surface area contributed by atoms with E-state index in [-0.39, 0.29) is 5.78 Å². The van der Waals surface area contributed by atoms with Crippen LogP contribution in [0.25, 0.3) is 0 Å². The second-order valence-corrected chi connectivity index (χ2v) is 4.07. The summed E-state index contributed by atoms with van der Waals surface area (Å²) in [6.45, 7) is 2.08. The predicted octanol–water partition coefficient (Wildman–Crippen LogP) is 2.74. The number of nitriles is 1. The standard InChI is InChI=1S/C13H13NO/c1-2-10-3-5-11(6-4-10)12(15)13(9-14)7-8-13/h3-6H,2,7-8H2,1H3. The molecule has 0 aliphatic heterocycles. The molecule has 15 heavy (non-hydrogen) atoms. The summed E-state index contributed by atoms with van der Waals surface area (Å²) in [4.78, 5) is 11.9. The summed E-state index contributed by atoms with van der Waals surface area (Å²) in [6.07, 6.45) is 2.41. The molecule has 2 heteroatoms. The van der Waals surface area contributed by atoms with Crippen molar-refractivity contribution >= 4 is 5.78 Å². The maximum Gasteiger partial charge on any atom is 0.183 e. The molecule has 76 valence electrons. The zero-order valence-corrected chi connectivity index (χ0v) is 8.79. The van der Waals surface area contributed by atoms with Gasteiger partial charge in [0.2, 0.25) is 0 Å². The van der Waals surface area contributed by atoms with Crippen molar-refractivity contribution in [2.75, 3.05) is 0 Å². The van der Waals surface area contributed by atoms with Crippen molar-refractivity contribution in [1.29, 1.82) is 5.26 Å². The summed E-state index contributed by atoms with van der Waals surface area (Å²) in [7, 11) is 0. The number of carbonyl (C=O) groups is 1. The average molecular weight is 199 g/mol. The molecule has 0 saturated heterocycles. The average Bonchev–Trinajstić information content (AvgIpc) is 3.09. The van der Waals surface area contributed by atoms with Crippen molar-refractivity contribution in [2.24, 2.45) is 5.41 Å². The molecule has 1 aliphatic carbocycles. The quantitative estimate of drug-likeness (QED) is 0.702. The summed E-state index contributed by atoms with van der Waals surface area (Å²) in [6, 6.07) is 9.71. The Hall–Kier alpha value is -1.62. The number of aryl methyl sites for hydroxylation is 1. The predicted molar refractivity (Wildman–Crippen MR) is 57.4 cm³/mol. The maximum atomic E-state index is 11.9. The molecule has 0 bridgehead atoms. The highest BCUT2D eigenvalue weighted by Gasteiger charge is 2.50. The minimum absolute atomic E-state index is 0.00680. The lowest BCUT2D eigenvalue weighted by molar-refractivity contribution is 0.0934. The highest BCUT2D eigenvalue weighted by molar-refractivity contribution is 6.04. The smallest absolute Gasteiger partial charge is 0.183 e. The summed E-state index contributed by atoms with van der Waals surface area (Å²) in [5.74, 6) is -0.00680. The topological polar surface area (TPSA) is 40.9 Å². The number of hydrogen-bond donors (Lipinski definition) is 0. The van der Waals surface area contributed by atoms with Gasteiger partial charge in [-0.25, -0.2) is 0 Å². The first-order valence-corrected chi connectivity index (χ1v) is 5.27. The molecule has 0 atom stereocenters. The Morgan fingerprint density at radius 2 is 2.00 bits per heavy atom. The van der Waals surface area contributed by atoms with Gasteiger partial charge in [-0.3, -0.25) is 4.79 Å². The number of rotatable bonds is 3. The first-order valence-electron chi connectivity index (χ1n) is 5.27. The van der Waals surface area contributed by atoms with E-state index in [4.69, 9.17) is 5.26 Å². The molecule has 1 aromatic rings. The highest BCUT2D eigenvalue weighted by Crippen LogP contribution is 2.47. The van der Waals surface area contributed by atoms with E-state index in [1.54, 1.807) is 0 Å². The number of hydrogen-bond acceptors (Lipinski definition) is 2. The van der Waals surface area contributed by atoms with Crippen LogP contribution in [-0.2, 0) is 6.42 Å². The van der Waals surface area contributed by atoms with E-state index in [2.05, 4.69) is 13.0 Å². The molecule has 2 rings (SSSR count). The molecule has 0 amide bonds. The van der Waals surface area contributed by atoms with E-state index in [9.17, 15) is 4.79 Å². The van der Waals surface area contributed by atoms with Crippen LogP contribution >= 0.6 is 0 Å². The maximum absolute atomic E-state index is 11.9. The first-order chi connectivity index (χ1) is 7.22. The Morgan fingerprint density at radius 1 is 1.40 bits per heavy atom. The Labute approximate surface area is 89.5 Å². The van der Waals surface area contributed by atoms with Crippen LogP contribution in [0.2, 0.25) is 0 Å². The SMILES string of the molecule is CCc1ccc(C(=O)C2(C#N)CC2)cc1. The van der Waals surface area contributed by atoms with Gasteiger partial charge in [0.1, 0.15) is 5.41 Å². The van der Waals surface area contributed by atoms with Gasteiger partial charge in [-0.05, 0) is 24.8 Å². The van der Waals surface area contributed by atoms with Crippen molar-refractivity contribution in [2.45, 2.75) is 26.2 Å². The molecule has 0 unspecified atom stereocenters. The van der Waals surface area contributed by atoms with Crippen LogP contribution in [0.15, 0.2) is 24.3 Å². The largest absolute Gasteiger partial charge is 0.292 e. The van der Waals surface area contributed by atoms with Gasteiger partial charge in [-0.15, -0.1) is 0 Å². The minimum atomic E-state index is -0.687. The summed E-state index contributed by atoms with van der Waals surface area (Å²) in [5, 5.41) is 8.92. The normalized spacial score (nSPS) is 16.8. The molecule has 0 radical (unpaired) electrons. The van der Waals surface area contributed by atoms with Gasteiger partial charge in [0, 0.05) is 5.56 Å². The zero-order valence-electron chi connectivity index (χ0n) is 8.79. The van der Waals surface area contributed by atoms with Crippen molar-refractivity contribution in [3.63, 3.8) is 0 Å². The molecule has 1 aliphatic rings. The van der Waals surface area contributed by atoms with Crippen molar-refractivity contribution < 1.29 is 4.79 Å². The lowest BCUT2D eigenvalue weighted by Crippen LogP contribution is -2.13. The third-order valence-corrected chi connectivity index (χ3v) is 3.02. The fraction of sp³-hybridized carbons (Fsp3) is 0.385. The van der Waals surface area contributed by atoms with Crippen LogP contribution in [0.3, 0.4) is 0 Å². The fourth-order valence-corrected chi connectivity index (χ4v) is 1.68. The van der Waals surface area contributed by atoms with Crippen molar-refractivity contribution in [3.05, 3.63) is 35.4 Å². The second-order valence-electron chi connectivity index (χ2n) is 4.07. The molecule has 1 aromatic carbocycles. The summed E-state index contributed by atoms with van der Waals surface area (Å²) >= 11 is 0. The van der Waals surface area contributed by atoms with E-state index >= 15 is 0 Å². The molecule has 1 fully saturated rings. The van der Waals surface area contributed by atoms with Crippen molar-refractivity contribution in [1.82, 2.24) is 0 Å². The third kappa shape index (κ3) is 1.66. The lowest BCUT2D eigenvalue weighted by atomic mass is 9.95. The van der Waals surface area contributed by atoms with Crippen LogP contribution in [0, 0.1) is 16.7 Å². The van der Waals surface area contributed by atoms with Gasteiger partial charge in [0.15, 0.2) is 5.78 Å². The van der Waals surface area contributed by atoms with Crippen LogP contribution in [-0.4, -0.2) is 5.78 Å². The molecule has 0 spiro atoms. The first kappa shape index (κ1) is 9.92. The Balaban J connectivity index is 2.24. The highest BCUT2D eigenvalue weighted by atomic mass is 16.1. The van der Waals surface area contributed by atoms with E-state index in [0.717, 1.165) is 19.3 Å². The number of Topliss-reactive ketones (excluding diaryl/α,β-unsaturated/α-hetero) is 1. The van der Waals surface area contributed by atoms with E-state index in [0.29, 0.717) is 5.56 Å². The van der Waals surface area contributed by atoms with Gasteiger partial charge in [-0.2, -0.15) is 5.26 Å². The summed E-state index contributed by atoms with van der Waals surface area (Å²) in [5.41, 5.74) is 1.20. The Kier molecular flexibility index (Phi) is 2.32. The van der Waals surface area contributed by atoms with Gasteiger partial charge in [0.05, 0.1) is 6.07 Å². The fourth-order valence-electron chi connectivity index (χ4n) is 1.68. The second kappa shape index (κ2) is 3.51. The third-order valence-electron chi connectivity index (χ3n) is 3.02. The number of nitrogens with zero attached hydrogens (tertiary/aromatic N) is 1. The molecule has 2 nitrogen and oxygen atoms in total. The molecular weight excluding hydrogens is 186 g/mol. The zero-order chi connectivity index (χ0) is 10.9. The molecule has 1 saturated carbocycles. The van der Waals surface area contributed by atoms with Crippen LogP contribution in [0.1, 0.15) is 35.7 Å². The van der Waals surface area contributed by atoms with E-state index in [1.807, 2.05) is 24.3 Å². The van der Waals surface area contributed by atoms with Crippen LogP contribution in [0.5, 0.6) is 0 Å². The molecule has 0 heterocycles. The van der Waals surface area contributed by atoms with E-state index < -0.39 is 5.41 Å². The van der Waals surface area contributed by atoms with Crippen molar-refractivity contribution in [3.8, 4) is 6.07 Å². The van der Waals surface area contributed by atoms with Gasteiger partial charge < -0.3 is 0 Å². The molecular formula is C13H13NO. The van der Waals surface area contributed by atoms with Crippen LogP contribution < -0.4 is 0 Å². The van der Waals surface area contributed by atoms with Gasteiger partial charge in [-0.1, -0.05) is 31.2 Å². The molecule has 0 N–H and O–H groups in total.